The molecule has 10 heteroatoms. The fourth-order valence-corrected chi connectivity index (χ4v) is 4.73. The van der Waals surface area contributed by atoms with Gasteiger partial charge in [0.25, 0.3) is 11.8 Å². The summed E-state index contributed by atoms with van der Waals surface area (Å²) in [5, 5.41) is 12.2. The molecule has 3 rings (SSSR count). The lowest BCUT2D eigenvalue weighted by Crippen LogP contribution is -2.54. The molecule has 1 heterocycles. The van der Waals surface area contributed by atoms with E-state index in [9.17, 15) is 19.5 Å². The van der Waals surface area contributed by atoms with Crippen LogP contribution in [0.1, 0.15) is 19.4 Å². The molecule has 0 saturated carbocycles. The van der Waals surface area contributed by atoms with Crippen LogP contribution in [0, 0.1) is 7.14 Å². The number of hydrogen-bond donors (Lipinski definition) is 2. The minimum absolute atomic E-state index is 0.119. The summed E-state index contributed by atoms with van der Waals surface area (Å²) in [6.45, 7) is 4.31. The van der Waals surface area contributed by atoms with Crippen LogP contribution in [0.4, 0.5) is 10.5 Å². The lowest BCUT2D eigenvalue weighted by Gasteiger charge is -2.28. The van der Waals surface area contributed by atoms with E-state index in [1.165, 1.54) is 12.1 Å². The van der Waals surface area contributed by atoms with Gasteiger partial charge in [0.1, 0.15) is 22.8 Å². The Hall–Kier alpha value is -2.35. The van der Waals surface area contributed by atoms with E-state index >= 15 is 0 Å². The van der Waals surface area contributed by atoms with Crippen LogP contribution in [0.3, 0.4) is 0 Å². The van der Waals surface area contributed by atoms with Gasteiger partial charge in [-0.2, -0.15) is 0 Å². The van der Waals surface area contributed by atoms with E-state index in [-0.39, 0.29) is 17.0 Å². The Kier molecular flexibility index (Phi) is 7.41. The Morgan fingerprint density at radius 3 is 2.29 bits per heavy atom. The number of imide groups is 2. The zero-order chi connectivity index (χ0) is 22.7. The molecule has 8 nitrogen and oxygen atoms in total. The molecular weight excluding hydrogens is 630 g/mol. The molecule has 2 N–H and O–H groups in total. The number of amides is 4. The smallest absolute Gasteiger partial charge is 0.336 e. The highest BCUT2D eigenvalue weighted by Gasteiger charge is 2.38. The second kappa shape index (κ2) is 9.85. The number of urea groups is 1. The van der Waals surface area contributed by atoms with Crippen LogP contribution >= 0.6 is 45.2 Å². The van der Waals surface area contributed by atoms with Crippen molar-refractivity contribution in [3.63, 3.8) is 0 Å². The Morgan fingerprint density at radius 1 is 1.03 bits per heavy atom. The Morgan fingerprint density at radius 2 is 1.68 bits per heavy atom. The lowest BCUT2D eigenvalue weighted by molar-refractivity contribution is -0.122. The van der Waals surface area contributed by atoms with Gasteiger partial charge in [0.2, 0.25) is 0 Å². The fraction of sp³-hybridized carbons (Fsp3) is 0.190. The molecule has 1 aliphatic heterocycles. The Balaban J connectivity index is 2.09. The van der Waals surface area contributed by atoms with E-state index in [1.807, 2.05) is 52.1 Å². The third-order valence-corrected chi connectivity index (χ3v) is 5.88. The first-order valence-electron chi connectivity index (χ1n) is 9.25. The van der Waals surface area contributed by atoms with Gasteiger partial charge in [-0.3, -0.25) is 14.9 Å². The molecule has 2 aromatic rings. The van der Waals surface area contributed by atoms with Crippen molar-refractivity contribution in [2.45, 2.75) is 13.8 Å². The number of ether oxygens (including phenoxy) is 2. The minimum Gasteiger partial charge on any atom is -0.506 e. The summed E-state index contributed by atoms with van der Waals surface area (Å²) in [5.74, 6) is -0.720. The van der Waals surface area contributed by atoms with Gasteiger partial charge >= 0.3 is 6.03 Å². The number of rotatable bonds is 6. The average Bonchev–Trinajstić information content (AvgIpc) is 2.71. The van der Waals surface area contributed by atoms with Crippen molar-refractivity contribution in [2.75, 3.05) is 18.1 Å². The first-order chi connectivity index (χ1) is 14.8. The van der Waals surface area contributed by atoms with Crippen LogP contribution < -0.4 is 19.7 Å². The zero-order valence-electron chi connectivity index (χ0n) is 16.6. The number of aromatic hydroxyl groups is 1. The highest BCUT2D eigenvalue weighted by atomic mass is 127. The molecule has 0 aliphatic carbocycles. The first-order valence-corrected chi connectivity index (χ1v) is 11.4. The lowest BCUT2D eigenvalue weighted by atomic mass is 10.1. The largest absolute Gasteiger partial charge is 0.506 e. The summed E-state index contributed by atoms with van der Waals surface area (Å²) in [6.07, 6.45) is 1.38. The average molecular weight is 648 g/mol. The van der Waals surface area contributed by atoms with Crippen molar-refractivity contribution in [1.82, 2.24) is 5.32 Å². The van der Waals surface area contributed by atoms with E-state index in [4.69, 9.17) is 9.47 Å². The highest BCUT2D eigenvalue weighted by Crippen LogP contribution is 2.35. The first kappa shape index (κ1) is 23.3. The van der Waals surface area contributed by atoms with Crippen LogP contribution in [0.5, 0.6) is 17.2 Å². The standard InChI is InChI=1S/C21H18I2N2O6/c1-3-30-12-5-6-17(31-4-2)16(10-12)25-20(28)13(19(27)24-21(25)29)7-11-8-14(22)18(26)15(23)9-11/h5-10,26H,3-4H2,1-2H3,(H,24,27,29)/b13-7+. The molecule has 0 aromatic heterocycles. The van der Waals surface area contributed by atoms with Gasteiger partial charge < -0.3 is 14.6 Å². The van der Waals surface area contributed by atoms with E-state index in [1.54, 1.807) is 31.2 Å². The van der Waals surface area contributed by atoms with Crippen LogP contribution in [0.25, 0.3) is 6.08 Å². The number of benzene rings is 2. The van der Waals surface area contributed by atoms with E-state index < -0.39 is 17.8 Å². The highest BCUT2D eigenvalue weighted by molar-refractivity contribution is 14.1. The summed E-state index contributed by atoms with van der Waals surface area (Å²) < 4.78 is 12.2. The van der Waals surface area contributed by atoms with Gasteiger partial charge in [0, 0.05) is 6.07 Å². The second-order valence-corrected chi connectivity index (χ2v) is 8.61. The van der Waals surface area contributed by atoms with Crippen molar-refractivity contribution in [3.05, 3.63) is 48.6 Å². The SMILES string of the molecule is CCOc1ccc(OCC)c(N2C(=O)NC(=O)/C(=C\c3cc(I)c(O)c(I)c3)C2=O)c1. The van der Waals surface area contributed by atoms with Crippen LogP contribution in [-0.2, 0) is 9.59 Å². The maximum Gasteiger partial charge on any atom is 0.336 e. The van der Waals surface area contributed by atoms with Gasteiger partial charge in [0.15, 0.2) is 0 Å². The summed E-state index contributed by atoms with van der Waals surface area (Å²) in [6, 6.07) is 7.19. The third-order valence-electron chi connectivity index (χ3n) is 4.23. The number of phenolic OH excluding ortho intramolecular Hbond substituents is 1. The molecule has 0 atom stereocenters. The Bertz CT molecular complexity index is 1080. The minimum atomic E-state index is -0.878. The number of carbonyl (C=O) groups excluding carboxylic acids is 3. The normalized spacial score (nSPS) is 15.3. The number of anilines is 1. The number of barbiturate groups is 1. The van der Waals surface area contributed by atoms with Crippen molar-refractivity contribution in [1.29, 1.82) is 0 Å². The van der Waals surface area contributed by atoms with Crippen LogP contribution in [0.15, 0.2) is 35.9 Å². The maximum atomic E-state index is 13.2. The summed E-state index contributed by atoms with van der Waals surface area (Å²) in [7, 11) is 0. The summed E-state index contributed by atoms with van der Waals surface area (Å²) in [5.41, 5.74) is 0.484. The molecule has 0 unspecified atom stereocenters. The van der Waals surface area contributed by atoms with Gasteiger partial charge in [-0.1, -0.05) is 0 Å². The molecule has 0 bridgehead atoms. The summed E-state index contributed by atoms with van der Waals surface area (Å²) >= 11 is 3.91. The number of nitrogens with zero attached hydrogens (tertiary/aromatic N) is 1. The fourth-order valence-electron chi connectivity index (χ4n) is 2.92. The van der Waals surface area contributed by atoms with Gasteiger partial charge in [-0.15, -0.1) is 0 Å². The number of carbonyl (C=O) groups is 3. The molecule has 0 spiro atoms. The topological polar surface area (TPSA) is 105 Å². The van der Waals surface area contributed by atoms with Crippen LogP contribution in [-0.4, -0.2) is 36.2 Å². The number of hydrogen-bond acceptors (Lipinski definition) is 6. The second-order valence-electron chi connectivity index (χ2n) is 6.29. The predicted molar refractivity (Wildman–Crippen MR) is 131 cm³/mol. The van der Waals surface area contributed by atoms with Crippen molar-refractivity contribution >= 4 is 74.8 Å². The summed E-state index contributed by atoms with van der Waals surface area (Å²) in [4.78, 5) is 39.2. The maximum absolute atomic E-state index is 13.2. The molecule has 1 aliphatic rings. The molecular formula is C21H18I2N2O6. The monoisotopic (exact) mass is 648 g/mol. The molecule has 1 saturated heterocycles. The Labute approximate surface area is 205 Å². The number of phenols is 1. The molecule has 31 heavy (non-hydrogen) atoms. The van der Waals surface area contributed by atoms with Crippen molar-refractivity contribution in [3.8, 4) is 17.2 Å². The predicted octanol–water partition coefficient (Wildman–Crippen LogP) is 4.07. The van der Waals surface area contributed by atoms with Gasteiger partial charge in [-0.25, -0.2) is 9.69 Å². The molecule has 0 radical (unpaired) electrons. The number of halogens is 2. The molecule has 162 valence electrons. The quantitative estimate of drug-likeness (QED) is 0.278. The zero-order valence-corrected chi connectivity index (χ0v) is 20.9. The molecule has 2 aromatic carbocycles. The van der Waals surface area contributed by atoms with Crippen molar-refractivity contribution < 1.29 is 29.0 Å². The number of nitrogens with one attached hydrogen (secondary N) is 1. The van der Waals surface area contributed by atoms with Crippen molar-refractivity contribution in [2.24, 2.45) is 0 Å². The van der Waals surface area contributed by atoms with Gasteiger partial charge in [-0.05, 0) is 94.9 Å². The van der Waals surface area contributed by atoms with E-state index in [0.29, 0.717) is 37.4 Å². The molecule has 4 amide bonds. The van der Waals surface area contributed by atoms with Crippen LogP contribution in [0.2, 0.25) is 0 Å². The van der Waals surface area contributed by atoms with Gasteiger partial charge in [0.05, 0.1) is 26.0 Å². The van der Waals surface area contributed by atoms with E-state index in [0.717, 1.165) is 4.90 Å². The van der Waals surface area contributed by atoms with E-state index in [2.05, 4.69) is 5.32 Å². The molecule has 1 fully saturated rings. The third kappa shape index (κ3) is 4.95.